The van der Waals surface area contributed by atoms with Gasteiger partial charge in [0.2, 0.25) is 0 Å². The lowest BCUT2D eigenvalue weighted by Crippen LogP contribution is -2.03. The molecule has 0 radical (unpaired) electrons. The van der Waals surface area contributed by atoms with E-state index in [4.69, 9.17) is 15.1 Å². The van der Waals surface area contributed by atoms with E-state index in [1.165, 1.54) is 11.3 Å². The monoisotopic (exact) mass is 315 g/mol. The molecule has 0 N–H and O–H groups in total. The maximum absolute atomic E-state index is 8.98. The van der Waals surface area contributed by atoms with E-state index in [0.717, 1.165) is 30.6 Å². The molecule has 2 aromatic carbocycles. The van der Waals surface area contributed by atoms with Crippen LogP contribution in [-0.2, 0) is 19.4 Å². The summed E-state index contributed by atoms with van der Waals surface area (Å²) >= 11 is 0. The lowest BCUT2D eigenvalue weighted by Gasteiger charge is -2.06. The van der Waals surface area contributed by atoms with Crippen LogP contribution >= 0.6 is 0 Å². The first-order valence-electron chi connectivity index (χ1n) is 8.13. The van der Waals surface area contributed by atoms with Crippen LogP contribution < -0.4 is 4.74 Å². The van der Waals surface area contributed by atoms with Crippen molar-refractivity contribution in [1.82, 2.24) is 9.78 Å². The molecule has 0 unspecified atom stereocenters. The number of nitrogens with zero attached hydrogens (tertiary/aromatic N) is 3. The van der Waals surface area contributed by atoms with E-state index < -0.39 is 0 Å². The van der Waals surface area contributed by atoms with E-state index in [9.17, 15) is 0 Å². The molecule has 0 fully saturated rings. The first-order chi connectivity index (χ1) is 11.8. The van der Waals surface area contributed by atoms with E-state index in [0.29, 0.717) is 17.9 Å². The average Bonchev–Trinajstić information content (AvgIpc) is 3.24. The second-order valence-corrected chi connectivity index (χ2v) is 5.90. The molecule has 0 atom stereocenters. The maximum Gasteiger partial charge on any atom is 0.132 e. The summed E-state index contributed by atoms with van der Waals surface area (Å²) in [4.78, 5) is 0. The molecule has 118 valence electrons. The third kappa shape index (κ3) is 2.65. The lowest BCUT2D eigenvalue weighted by molar-refractivity contribution is 0.299. The number of nitriles is 1. The summed E-state index contributed by atoms with van der Waals surface area (Å²) in [5.74, 6) is 0.704. The zero-order chi connectivity index (χ0) is 16.4. The third-order valence-electron chi connectivity index (χ3n) is 4.35. The Morgan fingerprint density at radius 1 is 1.08 bits per heavy atom. The van der Waals surface area contributed by atoms with Gasteiger partial charge >= 0.3 is 0 Å². The highest BCUT2D eigenvalue weighted by Crippen LogP contribution is 2.28. The Balaban J connectivity index is 1.61. The van der Waals surface area contributed by atoms with Crippen molar-refractivity contribution in [3.63, 3.8) is 0 Å². The van der Waals surface area contributed by atoms with Crippen LogP contribution in [0.15, 0.2) is 54.6 Å². The molecule has 0 saturated heterocycles. The highest BCUT2D eigenvalue weighted by atomic mass is 16.5. The van der Waals surface area contributed by atoms with Crippen molar-refractivity contribution >= 4 is 0 Å². The number of hydrogen-bond donors (Lipinski definition) is 0. The van der Waals surface area contributed by atoms with Gasteiger partial charge in [-0.15, -0.1) is 0 Å². The van der Waals surface area contributed by atoms with Crippen molar-refractivity contribution in [2.24, 2.45) is 0 Å². The van der Waals surface area contributed by atoms with Crippen LogP contribution in [-0.4, -0.2) is 9.78 Å². The van der Waals surface area contributed by atoms with E-state index in [1.807, 2.05) is 35.0 Å². The van der Waals surface area contributed by atoms with Crippen LogP contribution in [0.3, 0.4) is 0 Å². The average molecular weight is 315 g/mol. The molecule has 0 bridgehead atoms. The minimum atomic E-state index is 0.428. The minimum Gasteiger partial charge on any atom is -0.487 e. The molecule has 4 rings (SSSR count). The SMILES string of the molecule is N#Cc1cccc(OCc2nn(-c3ccccc3)c3c2CCC3)c1. The molecule has 3 aromatic rings. The van der Waals surface area contributed by atoms with E-state index in [-0.39, 0.29) is 0 Å². The van der Waals surface area contributed by atoms with Crippen molar-refractivity contribution < 1.29 is 4.74 Å². The van der Waals surface area contributed by atoms with Crippen molar-refractivity contribution in [2.45, 2.75) is 25.9 Å². The molecule has 4 heteroatoms. The molecule has 0 aliphatic heterocycles. The summed E-state index contributed by atoms with van der Waals surface area (Å²) in [6.45, 7) is 0.428. The van der Waals surface area contributed by atoms with Crippen LogP contribution in [0.4, 0.5) is 0 Å². The van der Waals surface area contributed by atoms with Gasteiger partial charge in [0, 0.05) is 11.3 Å². The van der Waals surface area contributed by atoms with Gasteiger partial charge in [-0.3, -0.25) is 0 Å². The fourth-order valence-electron chi connectivity index (χ4n) is 3.22. The molecule has 0 spiro atoms. The van der Waals surface area contributed by atoms with Gasteiger partial charge in [0.25, 0.3) is 0 Å². The molecule has 1 aliphatic rings. The molecular formula is C20H17N3O. The van der Waals surface area contributed by atoms with Gasteiger partial charge in [0.05, 0.1) is 17.3 Å². The Morgan fingerprint density at radius 3 is 2.79 bits per heavy atom. The van der Waals surface area contributed by atoms with Gasteiger partial charge in [-0.1, -0.05) is 24.3 Å². The standard InChI is InChI=1S/C20H17N3O/c21-13-15-6-4-9-17(12-15)24-14-19-18-10-5-11-20(18)23(22-19)16-7-2-1-3-8-16/h1-4,6-9,12H,5,10-11,14H2. The van der Waals surface area contributed by atoms with Crippen molar-refractivity contribution in [3.05, 3.63) is 77.1 Å². The van der Waals surface area contributed by atoms with Gasteiger partial charge in [-0.2, -0.15) is 10.4 Å². The van der Waals surface area contributed by atoms with Crippen molar-refractivity contribution in [1.29, 1.82) is 5.26 Å². The van der Waals surface area contributed by atoms with E-state index in [2.05, 4.69) is 18.2 Å². The van der Waals surface area contributed by atoms with Gasteiger partial charge in [0.1, 0.15) is 18.1 Å². The quantitative estimate of drug-likeness (QED) is 0.735. The number of fused-ring (bicyclic) bond motifs is 1. The summed E-state index contributed by atoms with van der Waals surface area (Å²) in [5.41, 5.74) is 5.30. The van der Waals surface area contributed by atoms with Crippen LogP contribution in [0.1, 0.15) is 28.9 Å². The predicted octanol–water partition coefficient (Wildman–Crippen LogP) is 3.81. The van der Waals surface area contributed by atoms with Crippen molar-refractivity contribution in [2.75, 3.05) is 0 Å². The fraction of sp³-hybridized carbons (Fsp3) is 0.200. The lowest BCUT2D eigenvalue weighted by atomic mass is 10.2. The Kier molecular flexibility index (Phi) is 3.76. The number of hydrogen-bond acceptors (Lipinski definition) is 3. The molecule has 4 nitrogen and oxygen atoms in total. The highest BCUT2D eigenvalue weighted by molar-refractivity contribution is 5.40. The first-order valence-corrected chi connectivity index (χ1v) is 8.13. The van der Waals surface area contributed by atoms with E-state index in [1.54, 1.807) is 12.1 Å². The topological polar surface area (TPSA) is 50.8 Å². The number of ether oxygens (including phenoxy) is 1. The predicted molar refractivity (Wildman–Crippen MR) is 91.1 cm³/mol. The molecule has 0 saturated carbocycles. The van der Waals surface area contributed by atoms with Crippen LogP contribution in [0.25, 0.3) is 5.69 Å². The molecular weight excluding hydrogens is 298 g/mol. The molecule has 0 amide bonds. The first kappa shape index (κ1) is 14.5. The summed E-state index contributed by atoms with van der Waals surface area (Å²) in [6, 6.07) is 19.6. The van der Waals surface area contributed by atoms with Gasteiger partial charge in [-0.25, -0.2) is 4.68 Å². The minimum absolute atomic E-state index is 0.428. The van der Waals surface area contributed by atoms with Crippen LogP contribution in [0.5, 0.6) is 5.75 Å². The maximum atomic E-state index is 8.98. The summed E-state index contributed by atoms with van der Waals surface area (Å²) < 4.78 is 7.93. The molecule has 1 aromatic heterocycles. The number of rotatable bonds is 4. The highest BCUT2D eigenvalue weighted by Gasteiger charge is 2.23. The van der Waals surface area contributed by atoms with Crippen LogP contribution in [0.2, 0.25) is 0 Å². The Morgan fingerprint density at radius 2 is 1.96 bits per heavy atom. The zero-order valence-electron chi connectivity index (χ0n) is 13.3. The van der Waals surface area contributed by atoms with Crippen molar-refractivity contribution in [3.8, 4) is 17.5 Å². The van der Waals surface area contributed by atoms with Gasteiger partial charge in [0.15, 0.2) is 0 Å². The summed E-state index contributed by atoms with van der Waals surface area (Å²) in [6.07, 6.45) is 3.27. The molecule has 1 heterocycles. The third-order valence-corrected chi connectivity index (χ3v) is 4.35. The Bertz CT molecular complexity index is 906. The smallest absolute Gasteiger partial charge is 0.132 e. The fourth-order valence-corrected chi connectivity index (χ4v) is 3.22. The second kappa shape index (κ2) is 6.21. The largest absolute Gasteiger partial charge is 0.487 e. The number of benzene rings is 2. The summed E-state index contributed by atoms with van der Waals surface area (Å²) in [5, 5.41) is 13.8. The Hall–Kier alpha value is -3.06. The number of para-hydroxylation sites is 1. The van der Waals surface area contributed by atoms with Crippen LogP contribution in [0, 0.1) is 11.3 Å². The number of aromatic nitrogens is 2. The van der Waals surface area contributed by atoms with Gasteiger partial charge < -0.3 is 4.74 Å². The molecule has 24 heavy (non-hydrogen) atoms. The zero-order valence-corrected chi connectivity index (χ0v) is 13.3. The van der Waals surface area contributed by atoms with Gasteiger partial charge in [-0.05, 0) is 49.6 Å². The summed E-state index contributed by atoms with van der Waals surface area (Å²) in [7, 11) is 0. The second-order valence-electron chi connectivity index (χ2n) is 5.90. The Labute approximate surface area is 140 Å². The van der Waals surface area contributed by atoms with E-state index >= 15 is 0 Å². The molecule has 1 aliphatic carbocycles. The normalized spacial score (nSPS) is 12.6.